The summed E-state index contributed by atoms with van der Waals surface area (Å²) in [4.78, 5) is 1.22. The molecule has 0 aliphatic carbocycles. The minimum atomic E-state index is -4.32. The van der Waals surface area contributed by atoms with E-state index >= 15 is 0 Å². The van der Waals surface area contributed by atoms with Crippen LogP contribution in [0.25, 0.3) is 0 Å². The Morgan fingerprint density at radius 3 is 2.22 bits per heavy atom. The third-order valence-electron chi connectivity index (χ3n) is 2.87. The van der Waals surface area contributed by atoms with Gasteiger partial charge in [-0.3, -0.25) is 4.90 Å². The lowest BCUT2D eigenvalue weighted by atomic mass is 10.1. The molecule has 2 nitrogen and oxygen atoms in total. The Bertz CT molecular complexity index is 361. The topological polar surface area (TPSA) is 23.5 Å². The molecular weight excluding hydrogens is 243 g/mol. The van der Waals surface area contributed by atoms with Gasteiger partial charge in [-0.25, -0.2) is 0 Å². The van der Waals surface area contributed by atoms with Crippen molar-refractivity contribution in [3.63, 3.8) is 0 Å². The quantitative estimate of drug-likeness (QED) is 0.881. The van der Waals surface area contributed by atoms with Crippen molar-refractivity contribution < 1.29 is 18.3 Å². The number of rotatable bonds is 5. The minimum Gasteiger partial charge on any atom is -0.396 e. The van der Waals surface area contributed by atoms with Crippen molar-refractivity contribution in [3.05, 3.63) is 35.4 Å². The zero-order valence-electron chi connectivity index (χ0n) is 10.5. The van der Waals surface area contributed by atoms with Crippen molar-refractivity contribution in [2.24, 2.45) is 0 Å². The van der Waals surface area contributed by atoms with Crippen molar-refractivity contribution >= 4 is 0 Å². The van der Waals surface area contributed by atoms with Crippen LogP contribution in [-0.2, 0) is 6.54 Å². The number of halogens is 3. The summed E-state index contributed by atoms with van der Waals surface area (Å²) in [7, 11) is 1.42. The predicted octanol–water partition coefficient (Wildman–Crippen LogP) is 2.74. The van der Waals surface area contributed by atoms with Gasteiger partial charge in [-0.2, -0.15) is 13.2 Å². The van der Waals surface area contributed by atoms with E-state index < -0.39 is 18.8 Å². The first kappa shape index (κ1) is 15.0. The molecule has 1 rings (SSSR count). The number of nitrogens with zero attached hydrogens (tertiary/aromatic N) is 1. The predicted molar refractivity (Wildman–Crippen MR) is 64.2 cm³/mol. The van der Waals surface area contributed by atoms with Gasteiger partial charge >= 0.3 is 6.18 Å². The zero-order chi connectivity index (χ0) is 13.8. The van der Waals surface area contributed by atoms with E-state index in [1.54, 1.807) is 0 Å². The molecule has 0 fully saturated rings. The van der Waals surface area contributed by atoms with Gasteiger partial charge in [-0.1, -0.05) is 29.8 Å². The van der Waals surface area contributed by atoms with Gasteiger partial charge in [0.1, 0.15) is 6.04 Å². The summed E-state index contributed by atoms with van der Waals surface area (Å²) in [5, 5.41) is 8.72. The van der Waals surface area contributed by atoms with E-state index in [9.17, 15) is 13.2 Å². The van der Waals surface area contributed by atoms with Crippen molar-refractivity contribution in [2.45, 2.75) is 32.1 Å². The molecule has 0 saturated carbocycles. The average Bonchev–Trinajstić information content (AvgIpc) is 2.27. The van der Waals surface area contributed by atoms with Gasteiger partial charge < -0.3 is 5.11 Å². The normalized spacial score (nSPS) is 13.9. The highest BCUT2D eigenvalue weighted by molar-refractivity contribution is 5.21. The van der Waals surface area contributed by atoms with Crippen LogP contribution in [0.3, 0.4) is 0 Å². The molecule has 0 aliphatic rings. The van der Waals surface area contributed by atoms with E-state index in [1.807, 2.05) is 31.2 Å². The Morgan fingerprint density at radius 2 is 1.78 bits per heavy atom. The first-order chi connectivity index (χ1) is 8.34. The molecule has 0 spiro atoms. The van der Waals surface area contributed by atoms with Crippen LogP contribution in [0.5, 0.6) is 0 Å². The largest absolute Gasteiger partial charge is 0.404 e. The van der Waals surface area contributed by atoms with E-state index in [2.05, 4.69) is 0 Å². The van der Waals surface area contributed by atoms with Crippen LogP contribution in [0.15, 0.2) is 24.3 Å². The van der Waals surface area contributed by atoms with Gasteiger partial charge in [0.05, 0.1) is 0 Å². The van der Waals surface area contributed by atoms with Crippen molar-refractivity contribution in [1.82, 2.24) is 4.90 Å². The highest BCUT2D eigenvalue weighted by atomic mass is 19.4. The van der Waals surface area contributed by atoms with Gasteiger partial charge in [0.25, 0.3) is 0 Å². The van der Waals surface area contributed by atoms with Crippen molar-refractivity contribution in [2.75, 3.05) is 13.7 Å². The minimum absolute atomic E-state index is 0.213. The smallest absolute Gasteiger partial charge is 0.396 e. The van der Waals surface area contributed by atoms with Gasteiger partial charge in [0.15, 0.2) is 0 Å². The average molecular weight is 261 g/mol. The van der Waals surface area contributed by atoms with Crippen molar-refractivity contribution in [1.29, 1.82) is 0 Å². The lowest BCUT2D eigenvalue weighted by Crippen LogP contribution is -2.43. The first-order valence-corrected chi connectivity index (χ1v) is 5.78. The molecule has 0 aliphatic heterocycles. The molecule has 0 radical (unpaired) electrons. The first-order valence-electron chi connectivity index (χ1n) is 5.78. The summed E-state index contributed by atoms with van der Waals surface area (Å²) in [5.74, 6) is 0. The number of aliphatic hydroxyl groups is 1. The Hall–Kier alpha value is -1.07. The van der Waals surface area contributed by atoms with E-state index in [-0.39, 0.29) is 13.0 Å². The van der Waals surface area contributed by atoms with Crippen LogP contribution in [0.2, 0.25) is 0 Å². The second-order valence-electron chi connectivity index (χ2n) is 4.47. The van der Waals surface area contributed by atoms with Crippen LogP contribution < -0.4 is 0 Å². The maximum Gasteiger partial charge on any atom is 0.404 e. The Kier molecular flexibility index (Phi) is 5.16. The van der Waals surface area contributed by atoms with E-state index in [0.29, 0.717) is 0 Å². The Labute approximate surface area is 105 Å². The molecule has 1 atom stereocenters. The molecule has 0 amide bonds. The highest BCUT2D eigenvalue weighted by Gasteiger charge is 2.41. The SMILES string of the molecule is Cc1ccc(CN(C)C(CCO)C(F)(F)F)cc1. The molecule has 102 valence electrons. The lowest BCUT2D eigenvalue weighted by Gasteiger charge is -2.29. The highest BCUT2D eigenvalue weighted by Crippen LogP contribution is 2.27. The second kappa shape index (κ2) is 6.20. The molecule has 1 aromatic carbocycles. The molecule has 0 aromatic heterocycles. The number of benzene rings is 1. The van der Waals surface area contributed by atoms with Crippen molar-refractivity contribution in [3.8, 4) is 0 Å². The van der Waals surface area contributed by atoms with Gasteiger partial charge in [0.2, 0.25) is 0 Å². The zero-order valence-corrected chi connectivity index (χ0v) is 10.5. The Morgan fingerprint density at radius 1 is 1.22 bits per heavy atom. The molecule has 0 heterocycles. The van der Waals surface area contributed by atoms with Crippen LogP contribution in [0.1, 0.15) is 17.5 Å². The van der Waals surface area contributed by atoms with Gasteiger partial charge in [-0.15, -0.1) is 0 Å². The van der Waals surface area contributed by atoms with Crippen LogP contribution in [0.4, 0.5) is 13.2 Å². The number of hydrogen-bond donors (Lipinski definition) is 1. The summed E-state index contributed by atoms with van der Waals surface area (Å²) < 4.78 is 38.3. The molecule has 1 unspecified atom stereocenters. The fourth-order valence-corrected chi connectivity index (χ4v) is 1.85. The second-order valence-corrected chi connectivity index (χ2v) is 4.47. The van der Waals surface area contributed by atoms with E-state index in [1.165, 1.54) is 11.9 Å². The summed E-state index contributed by atoms with van der Waals surface area (Å²) in [6, 6.07) is 5.77. The molecular formula is C13H18F3NO. The molecule has 1 aromatic rings. The fourth-order valence-electron chi connectivity index (χ4n) is 1.85. The summed E-state index contributed by atoms with van der Waals surface area (Å²) in [6.45, 7) is 1.67. The van der Waals surface area contributed by atoms with Crippen LogP contribution >= 0.6 is 0 Å². The maximum atomic E-state index is 12.8. The molecule has 5 heteroatoms. The number of aliphatic hydroxyl groups excluding tert-OH is 1. The number of aryl methyl sites for hydroxylation is 1. The molecule has 0 bridgehead atoms. The molecule has 18 heavy (non-hydrogen) atoms. The fraction of sp³-hybridized carbons (Fsp3) is 0.538. The van der Waals surface area contributed by atoms with E-state index in [4.69, 9.17) is 5.11 Å². The molecule has 0 saturated heterocycles. The van der Waals surface area contributed by atoms with Gasteiger partial charge in [-0.05, 0) is 26.0 Å². The maximum absolute atomic E-state index is 12.8. The Balaban J connectivity index is 2.72. The number of hydrogen-bond acceptors (Lipinski definition) is 2. The monoisotopic (exact) mass is 261 g/mol. The summed E-state index contributed by atoms with van der Waals surface area (Å²) in [6.07, 6.45) is -4.62. The molecule has 1 N–H and O–H groups in total. The summed E-state index contributed by atoms with van der Waals surface area (Å²) >= 11 is 0. The van der Waals surface area contributed by atoms with E-state index in [0.717, 1.165) is 11.1 Å². The van der Waals surface area contributed by atoms with Crippen LogP contribution in [0, 0.1) is 6.92 Å². The lowest BCUT2D eigenvalue weighted by molar-refractivity contribution is -0.185. The standard InChI is InChI=1S/C13H18F3NO/c1-10-3-5-11(6-4-10)9-17(2)12(7-8-18)13(14,15)16/h3-6,12,18H,7-9H2,1-2H3. The third kappa shape index (κ3) is 4.31. The van der Waals surface area contributed by atoms with Crippen LogP contribution in [-0.4, -0.2) is 35.9 Å². The third-order valence-corrected chi connectivity index (χ3v) is 2.87. The number of alkyl halides is 3. The summed E-state index contributed by atoms with van der Waals surface area (Å²) in [5.41, 5.74) is 1.90. The van der Waals surface area contributed by atoms with Gasteiger partial charge in [0, 0.05) is 13.2 Å².